The van der Waals surface area contributed by atoms with E-state index in [9.17, 15) is 9.59 Å². The maximum absolute atomic E-state index is 11.8. The Bertz CT molecular complexity index is 649. The van der Waals surface area contributed by atoms with Crippen LogP contribution in [0.2, 0.25) is 0 Å². The molecule has 1 N–H and O–H groups in total. The van der Waals surface area contributed by atoms with Gasteiger partial charge in [0, 0.05) is 0 Å². The molecule has 19 heavy (non-hydrogen) atoms. The fourth-order valence-electron chi connectivity index (χ4n) is 1.46. The van der Waals surface area contributed by atoms with Gasteiger partial charge >= 0.3 is 116 Å². The van der Waals surface area contributed by atoms with Crippen molar-refractivity contribution in [2.75, 3.05) is 6.61 Å². The van der Waals surface area contributed by atoms with Gasteiger partial charge in [0.05, 0.1) is 0 Å². The van der Waals surface area contributed by atoms with Gasteiger partial charge in [0.2, 0.25) is 0 Å². The second kappa shape index (κ2) is 6.52. The molecule has 0 fully saturated rings. The molecule has 0 saturated carbocycles. The normalized spacial score (nSPS) is 10.6. The first-order chi connectivity index (χ1) is 9.20. The molecule has 2 rings (SSSR count). The minimum atomic E-state index is -0.439. The molecule has 0 saturated heterocycles. The predicted octanol–water partition coefficient (Wildman–Crippen LogP) is -0.814. The molecule has 2 aromatic rings. The van der Waals surface area contributed by atoms with Gasteiger partial charge < -0.3 is 0 Å². The van der Waals surface area contributed by atoms with Crippen molar-refractivity contribution < 1.29 is 4.74 Å². The van der Waals surface area contributed by atoms with E-state index in [-0.39, 0.29) is 27.2 Å². The molecule has 1 aromatic heterocycles. The molecule has 0 unspecified atom stereocenters. The van der Waals surface area contributed by atoms with E-state index in [1.165, 1.54) is 4.57 Å². The summed E-state index contributed by atoms with van der Waals surface area (Å²) in [5.41, 5.74) is -0.757. The fraction of sp³-hybridized carbons (Fsp3) is 0.231. The van der Waals surface area contributed by atoms with E-state index in [0.29, 0.717) is 11.1 Å². The van der Waals surface area contributed by atoms with Crippen molar-refractivity contribution in [1.82, 2.24) is 9.55 Å². The van der Waals surface area contributed by atoms with Crippen LogP contribution in [-0.2, 0) is 11.5 Å². The number of hydrogen-bond acceptors (Lipinski definition) is 3. The van der Waals surface area contributed by atoms with Crippen LogP contribution in [0.5, 0.6) is 0 Å². The van der Waals surface area contributed by atoms with E-state index >= 15 is 0 Å². The third-order valence-electron chi connectivity index (χ3n) is 2.38. The van der Waals surface area contributed by atoms with E-state index in [4.69, 9.17) is 4.74 Å². The van der Waals surface area contributed by atoms with Gasteiger partial charge in [0.1, 0.15) is 0 Å². The zero-order valence-electron chi connectivity index (χ0n) is 10.5. The maximum atomic E-state index is 11.8. The van der Waals surface area contributed by atoms with Crippen LogP contribution in [-0.4, -0.2) is 31.1 Å². The second-order valence-corrected chi connectivity index (χ2v) is 6.10. The van der Waals surface area contributed by atoms with Crippen molar-refractivity contribution in [3.8, 4) is 0 Å². The third kappa shape index (κ3) is 3.67. The zero-order valence-corrected chi connectivity index (χ0v) is 12.2. The van der Waals surface area contributed by atoms with Crippen LogP contribution in [0.25, 0.3) is 0 Å². The molecule has 0 amide bonds. The minimum absolute atomic E-state index is 0.128. The van der Waals surface area contributed by atoms with Crippen molar-refractivity contribution in [3.63, 3.8) is 0 Å². The molecular weight excluding hydrogens is 311 g/mol. The molecule has 1 heterocycles. The predicted molar refractivity (Wildman–Crippen MR) is 74.4 cm³/mol. The van der Waals surface area contributed by atoms with E-state index < -0.39 is 5.69 Å². The third-order valence-corrected chi connectivity index (χ3v) is 4.52. The second-order valence-electron chi connectivity index (χ2n) is 3.76. The number of H-pyrrole nitrogens is 1. The first-order valence-corrected chi connectivity index (χ1v) is 7.56. The summed E-state index contributed by atoms with van der Waals surface area (Å²) in [6.45, 7) is 2.53. The first-order valence-electron chi connectivity index (χ1n) is 5.85. The van der Waals surface area contributed by atoms with Crippen LogP contribution in [0.1, 0.15) is 6.92 Å². The topological polar surface area (TPSA) is 64.1 Å². The van der Waals surface area contributed by atoms with Gasteiger partial charge in [-0.25, -0.2) is 0 Å². The number of benzene rings is 1. The first kappa shape index (κ1) is 13.8. The Labute approximate surface area is 116 Å². The molecule has 100 valence electrons. The summed E-state index contributed by atoms with van der Waals surface area (Å²) >= 11 is -0.128. The molecule has 0 aliphatic carbocycles. The number of aromatic amines is 1. The van der Waals surface area contributed by atoms with Gasteiger partial charge in [-0.2, -0.15) is 0 Å². The van der Waals surface area contributed by atoms with Crippen molar-refractivity contribution in [3.05, 3.63) is 57.4 Å². The number of nitrogens with one attached hydrogen (secondary N) is 1. The molecule has 0 aliphatic rings. The summed E-state index contributed by atoms with van der Waals surface area (Å²) in [6.07, 6.45) is 1.59. The SMILES string of the molecule is CCOCn1cc([Se]c2ccccc2)c(=O)[nH]c1=O. The average molecular weight is 325 g/mol. The summed E-state index contributed by atoms with van der Waals surface area (Å²) in [5, 5.41) is 0. The number of aromatic nitrogens is 2. The number of ether oxygens (including phenoxy) is 1. The van der Waals surface area contributed by atoms with Crippen LogP contribution in [0.15, 0.2) is 46.1 Å². The van der Waals surface area contributed by atoms with Crippen LogP contribution in [0.4, 0.5) is 0 Å². The van der Waals surface area contributed by atoms with Crippen molar-refractivity contribution in [2.24, 2.45) is 0 Å². The Morgan fingerprint density at radius 1 is 1.26 bits per heavy atom. The molecule has 0 spiro atoms. The number of hydrogen-bond donors (Lipinski definition) is 1. The molecular formula is C13H14N2O3Se. The Balaban J connectivity index is 2.30. The molecule has 5 nitrogen and oxygen atoms in total. The summed E-state index contributed by atoms with van der Waals surface area (Å²) in [4.78, 5) is 25.7. The van der Waals surface area contributed by atoms with Crippen LogP contribution in [0, 0.1) is 0 Å². The summed E-state index contributed by atoms with van der Waals surface area (Å²) in [6, 6.07) is 9.73. The Kier molecular flexibility index (Phi) is 4.74. The number of nitrogens with zero attached hydrogens (tertiary/aromatic N) is 1. The van der Waals surface area contributed by atoms with Gasteiger partial charge in [-0.15, -0.1) is 0 Å². The van der Waals surface area contributed by atoms with Crippen LogP contribution in [0.3, 0.4) is 0 Å². The Morgan fingerprint density at radius 3 is 2.68 bits per heavy atom. The quantitative estimate of drug-likeness (QED) is 0.731. The van der Waals surface area contributed by atoms with Gasteiger partial charge in [-0.1, -0.05) is 0 Å². The monoisotopic (exact) mass is 326 g/mol. The average Bonchev–Trinajstić information content (AvgIpc) is 2.42. The van der Waals surface area contributed by atoms with E-state index in [0.717, 1.165) is 4.46 Å². The van der Waals surface area contributed by atoms with E-state index in [1.54, 1.807) is 6.20 Å². The number of rotatable bonds is 5. The molecule has 1 aromatic carbocycles. The zero-order chi connectivity index (χ0) is 13.7. The van der Waals surface area contributed by atoms with Crippen LogP contribution < -0.4 is 20.2 Å². The van der Waals surface area contributed by atoms with Gasteiger partial charge in [0.15, 0.2) is 0 Å². The molecule has 0 aliphatic heterocycles. The van der Waals surface area contributed by atoms with Crippen molar-refractivity contribution >= 4 is 23.9 Å². The summed E-state index contributed by atoms with van der Waals surface area (Å²) < 4.78 is 8.27. The summed E-state index contributed by atoms with van der Waals surface area (Å²) in [5.74, 6) is 0. The van der Waals surface area contributed by atoms with Crippen LogP contribution >= 0.6 is 0 Å². The Hall–Kier alpha value is -1.62. The molecule has 0 atom stereocenters. The van der Waals surface area contributed by atoms with E-state index in [2.05, 4.69) is 4.98 Å². The Morgan fingerprint density at radius 2 is 2.00 bits per heavy atom. The van der Waals surface area contributed by atoms with Crippen molar-refractivity contribution in [1.29, 1.82) is 0 Å². The standard InChI is InChI=1S/C13H14N2O3Se/c1-2-18-9-15-8-11(12(16)14-13(15)17)19-10-6-4-3-5-7-10/h3-8H,2,9H2,1H3,(H,14,16,17). The molecule has 0 radical (unpaired) electrons. The fourth-order valence-corrected chi connectivity index (χ4v) is 3.29. The van der Waals surface area contributed by atoms with Gasteiger partial charge in [0.25, 0.3) is 0 Å². The van der Waals surface area contributed by atoms with Crippen molar-refractivity contribution in [2.45, 2.75) is 13.7 Å². The van der Waals surface area contributed by atoms with Gasteiger partial charge in [-0.3, -0.25) is 0 Å². The van der Waals surface area contributed by atoms with Gasteiger partial charge in [-0.05, 0) is 0 Å². The van der Waals surface area contributed by atoms with E-state index in [1.807, 2.05) is 37.3 Å². The molecule has 6 heteroatoms. The summed E-state index contributed by atoms with van der Waals surface area (Å²) in [7, 11) is 0. The molecule has 0 bridgehead atoms.